The molecule has 3 saturated heterocycles. The highest BCUT2D eigenvalue weighted by Gasteiger charge is 2.35. The second kappa shape index (κ2) is 6.39. The molecule has 0 saturated carbocycles. The van der Waals surface area contributed by atoms with E-state index in [-0.39, 0.29) is 11.9 Å². The molecule has 2 N–H and O–H groups in total. The molecule has 0 spiro atoms. The molecule has 1 amide bonds. The monoisotopic (exact) mass is 369 g/mol. The molecular formula is C19H23N5OS. The maximum atomic E-state index is 12.8. The number of benzene rings is 1. The highest BCUT2D eigenvalue weighted by atomic mass is 32.2. The molecule has 4 aliphatic heterocycles. The summed E-state index contributed by atoms with van der Waals surface area (Å²) in [6.07, 6.45) is 2.38. The van der Waals surface area contributed by atoms with E-state index in [2.05, 4.69) is 38.4 Å². The molecule has 7 heteroatoms. The van der Waals surface area contributed by atoms with Gasteiger partial charge < -0.3 is 10.2 Å². The normalized spacial score (nSPS) is 30.6. The summed E-state index contributed by atoms with van der Waals surface area (Å²) in [4.78, 5) is 19.9. The van der Waals surface area contributed by atoms with Crippen LogP contribution in [0.25, 0.3) is 10.9 Å². The number of thioether (sulfide) groups is 1. The van der Waals surface area contributed by atoms with E-state index in [1.165, 1.54) is 25.9 Å². The summed E-state index contributed by atoms with van der Waals surface area (Å²) in [5.74, 6) is 0.545. The van der Waals surface area contributed by atoms with E-state index in [0.717, 1.165) is 34.6 Å². The Hall–Kier alpha value is -1.86. The van der Waals surface area contributed by atoms with E-state index < -0.39 is 0 Å². The number of nitrogens with zero attached hydrogens (tertiary/aromatic N) is 3. The number of hydrogen-bond acceptors (Lipinski definition) is 5. The summed E-state index contributed by atoms with van der Waals surface area (Å²) < 4.78 is 0. The van der Waals surface area contributed by atoms with Crippen LogP contribution in [0.15, 0.2) is 23.2 Å². The molecule has 136 valence electrons. The highest BCUT2D eigenvalue weighted by molar-refractivity contribution is 8.15. The van der Waals surface area contributed by atoms with Gasteiger partial charge in [0.1, 0.15) is 0 Å². The fourth-order valence-electron chi connectivity index (χ4n) is 4.33. The van der Waals surface area contributed by atoms with Crippen molar-refractivity contribution in [3.63, 3.8) is 0 Å². The Kier molecular flexibility index (Phi) is 4.01. The number of piperidine rings is 3. The summed E-state index contributed by atoms with van der Waals surface area (Å²) in [5.41, 5.74) is 2.49. The van der Waals surface area contributed by atoms with E-state index in [0.29, 0.717) is 16.9 Å². The molecule has 6 rings (SSSR count). The Bertz CT molecular complexity index is 883. The molecule has 4 aliphatic rings. The number of H-pyrrole nitrogens is 1. The minimum absolute atomic E-state index is 0.0658. The lowest BCUT2D eigenvalue weighted by atomic mass is 9.84. The highest BCUT2D eigenvalue weighted by Crippen LogP contribution is 2.29. The first-order valence-corrected chi connectivity index (χ1v) is 10.3. The third-order valence-corrected chi connectivity index (χ3v) is 6.94. The van der Waals surface area contributed by atoms with Crippen LogP contribution >= 0.6 is 11.8 Å². The van der Waals surface area contributed by atoms with Crippen LogP contribution in [0.1, 0.15) is 35.8 Å². The van der Waals surface area contributed by atoms with E-state index in [9.17, 15) is 4.79 Å². The van der Waals surface area contributed by atoms with Crippen LogP contribution in [0, 0.1) is 5.92 Å². The number of carbonyl (C=O) groups excluding carboxylic acids is 1. The minimum Gasteiger partial charge on any atom is -0.346 e. The van der Waals surface area contributed by atoms with Crippen molar-refractivity contribution in [3.8, 4) is 0 Å². The van der Waals surface area contributed by atoms with Crippen LogP contribution in [0.5, 0.6) is 0 Å². The summed E-state index contributed by atoms with van der Waals surface area (Å²) >= 11 is 1.80. The van der Waals surface area contributed by atoms with Crippen LogP contribution in [0.4, 0.5) is 0 Å². The van der Waals surface area contributed by atoms with Gasteiger partial charge >= 0.3 is 0 Å². The Morgan fingerprint density at radius 2 is 2.19 bits per heavy atom. The van der Waals surface area contributed by atoms with Crippen LogP contribution in [0.3, 0.4) is 0 Å². The van der Waals surface area contributed by atoms with Crippen LogP contribution in [-0.4, -0.2) is 63.5 Å². The predicted octanol–water partition coefficient (Wildman–Crippen LogP) is 2.27. The summed E-state index contributed by atoms with van der Waals surface area (Å²) in [6.45, 7) is 6.37. The van der Waals surface area contributed by atoms with Gasteiger partial charge in [0.15, 0.2) is 5.69 Å². The van der Waals surface area contributed by atoms with Crippen molar-refractivity contribution in [2.45, 2.75) is 31.1 Å². The molecule has 1 aromatic carbocycles. The molecule has 6 nitrogen and oxygen atoms in total. The van der Waals surface area contributed by atoms with Gasteiger partial charge in [-0.15, -0.1) is 11.8 Å². The second-order valence-electron chi connectivity index (χ2n) is 7.62. The average Bonchev–Trinajstić information content (AvgIpc) is 3.28. The second-order valence-corrected chi connectivity index (χ2v) is 9.05. The lowest BCUT2D eigenvalue weighted by Crippen LogP contribution is -2.57. The maximum Gasteiger partial charge on any atom is 0.272 e. The third-order valence-electron chi connectivity index (χ3n) is 5.80. The summed E-state index contributed by atoms with van der Waals surface area (Å²) in [6, 6.07) is 6.34. The quantitative estimate of drug-likeness (QED) is 0.870. The molecule has 26 heavy (non-hydrogen) atoms. The SMILES string of the molecule is CC1CN=C(c2ccc3c(C(=O)N[C@H]4CN5CCC4CC5)n[nH]c3c2)S1. The summed E-state index contributed by atoms with van der Waals surface area (Å²) in [5, 5.41) is 13.1. The number of aromatic nitrogens is 2. The average molecular weight is 369 g/mol. The van der Waals surface area contributed by atoms with Gasteiger partial charge in [0.25, 0.3) is 5.91 Å². The molecule has 2 atom stereocenters. The zero-order chi connectivity index (χ0) is 17.7. The molecule has 2 bridgehead atoms. The van der Waals surface area contributed by atoms with Crippen LogP contribution in [-0.2, 0) is 0 Å². The number of aliphatic imine (C=N–C) groups is 1. The topological polar surface area (TPSA) is 73.4 Å². The van der Waals surface area contributed by atoms with Gasteiger partial charge in [-0.25, -0.2) is 0 Å². The Morgan fingerprint density at radius 3 is 2.88 bits per heavy atom. The minimum atomic E-state index is -0.0658. The first kappa shape index (κ1) is 16.3. The molecule has 3 fully saturated rings. The predicted molar refractivity (Wildman–Crippen MR) is 105 cm³/mol. The van der Waals surface area contributed by atoms with Gasteiger partial charge in [-0.05, 0) is 44.0 Å². The number of amides is 1. The van der Waals surface area contributed by atoms with Gasteiger partial charge in [0.05, 0.1) is 17.1 Å². The molecular weight excluding hydrogens is 346 g/mol. The van der Waals surface area contributed by atoms with Crippen LogP contribution in [0.2, 0.25) is 0 Å². The zero-order valence-electron chi connectivity index (χ0n) is 14.9. The van der Waals surface area contributed by atoms with Gasteiger partial charge in [0, 0.05) is 28.8 Å². The van der Waals surface area contributed by atoms with Crippen molar-refractivity contribution in [3.05, 3.63) is 29.5 Å². The van der Waals surface area contributed by atoms with Crippen molar-refractivity contribution in [1.29, 1.82) is 0 Å². The number of aromatic amines is 1. The number of carbonyl (C=O) groups is 1. The van der Waals surface area contributed by atoms with Gasteiger partial charge in [-0.1, -0.05) is 13.0 Å². The first-order chi connectivity index (χ1) is 12.7. The zero-order valence-corrected chi connectivity index (χ0v) is 15.7. The van der Waals surface area contributed by atoms with Gasteiger partial charge in [-0.2, -0.15) is 5.10 Å². The lowest BCUT2D eigenvalue weighted by molar-refractivity contribution is 0.0618. The molecule has 1 unspecified atom stereocenters. The number of fused-ring (bicyclic) bond motifs is 4. The number of hydrogen-bond donors (Lipinski definition) is 2. The smallest absolute Gasteiger partial charge is 0.272 e. The van der Waals surface area contributed by atoms with Crippen molar-refractivity contribution >= 4 is 33.6 Å². The molecule has 0 aliphatic carbocycles. The number of rotatable bonds is 3. The number of nitrogens with one attached hydrogen (secondary N) is 2. The summed E-state index contributed by atoms with van der Waals surface area (Å²) in [7, 11) is 0. The standard InChI is InChI=1S/C19H23N5OS/c1-11-9-20-19(26-11)13-2-3-14-15(8-13)22-23-17(14)18(25)21-16-10-24-6-4-12(16)5-7-24/h2-3,8,11-12,16H,4-7,9-10H2,1H3,(H,21,25)(H,22,23)/t11?,16-/m0/s1. The molecule has 0 radical (unpaired) electrons. The molecule has 2 aromatic rings. The maximum absolute atomic E-state index is 12.8. The van der Waals surface area contributed by atoms with E-state index >= 15 is 0 Å². The first-order valence-electron chi connectivity index (χ1n) is 9.40. The molecule has 1 aromatic heterocycles. The van der Waals surface area contributed by atoms with Crippen molar-refractivity contribution in [2.75, 3.05) is 26.2 Å². The van der Waals surface area contributed by atoms with E-state index in [1.807, 2.05) is 12.1 Å². The van der Waals surface area contributed by atoms with Crippen molar-refractivity contribution in [2.24, 2.45) is 10.9 Å². The van der Waals surface area contributed by atoms with Crippen LogP contribution < -0.4 is 5.32 Å². The van der Waals surface area contributed by atoms with Crippen molar-refractivity contribution in [1.82, 2.24) is 20.4 Å². The van der Waals surface area contributed by atoms with Gasteiger partial charge in [0.2, 0.25) is 0 Å². The Morgan fingerprint density at radius 1 is 1.35 bits per heavy atom. The Labute approximate surface area is 156 Å². The largest absolute Gasteiger partial charge is 0.346 e. The fraction of sp³-hybridized carbons (Fsp3) is 0.526. The lowest BCUT2D eigenvalue weighted by Gasteiger charge is -2.44. The van der Waals surface area contributed by atoms with Crippen molar-refractivity contribution < 1.29 is 4.79 Å². The van der Waals surface area contributed by atoms with E-state index in [4.69, 9.17) is 0 Å². The Balaban J connectivity index is 1.36. The fourth-order valence-corrected chi connectivity index (χ4v) is 5.27. The molecule has 5 heterocycles. The van der Waals surface area contributed by atoms with E-state index in [1.54, 1.807) is 11.8 Å². The van der Waals surface area contributed by atoms with Gasteiger partial charge in [-0.3, -0.25) is 14.9 Å². The third kappa shape index (κ3) is 2.83.